The molecular formula is C14H23F2NO. The Balaban J connectivity index is 1.35. The summed E-state index contributed by atoms with van der Waals surface area (Å²) in [5.41, 5.74) is 0. The second kappa shape index (κ2) is 5.41. The monoisotopic (exact) mass is 259 g/mol. The molecule has 1 N–H and O–H groups in total. The van der Waals surface area contributed by atoms with Crippen LogP contribution < -0.4 is 5.32 Å². The number of ether oxygens (including phenoxy) is 1. The highest BCUT2D eigenvalue weighted by Gasteiger charge is 2.50. The average molecular weight is 259 g/mol. The Hall–Kier alpha value is -0.220. The zero-order chi connectivity index (χ0) is 12.5. The second-order valence-corrected chi connectivity index (χ2v) is 6.21. The van der Waals surface area contributed by atoms with E-state index in [0.29, 0.717) is 18.9 Å². The van der Waals surface area contributed by atoms with Gasteiger partial charge < -0.3 is 10.1 Å². The molecule has 2 saturated carbocycles. The Morgan fingerprint density at radius 2 is 1.83 bits per heavy atom. The fourth-order valence-corrected chi connectivity index (χ4v) is 3.82. The fourth-order valence-electron chi connectivity index (χ4n) is 3.82. The van der Waals surface area contributed by atoms with Crippen LogP contribution in [0.3, 0.4) is 0 Å². The molecule has 0 radical (unpaired) electrons. The molecule has 0 aromatic carbocycles. The number of fused-ring (bicyclic) bond motifs is 1. The summed E-state index contributed by atoms with van der Waals surface area (Å²) in [5.74, 6) is 2.10. The van der Waals surface area contributed by atoms with Crippen LogP contribution in [0.4, 0.5) is 8.78 Å². The maximum Gasteiger partial charge on any atom is 0.241 e. The van der Waals surface area contributed by atoms with Gasteiger partial charge in [-0.1, -0.05) is 0 Å². The lowest BCUT2D eigenvalue weighted by atomic mass is 9.86. The molecule has 3 aliphatic rings. The van der Waals surface area contributed by atoms with E-state index in [1.807, 2.05) is 0 Å². The molecule has 0 bridgehead atoms. The van der Waals surface area contributed by atoms with Crippen LogP contribution in [0, 0.1) is 23.7 Å². The van der Waals surface area contributed by atoms with Gasteiger partial charge in [0.15, 0.2) is 0 Å². The molecule has 0 aromatic heterocycles. The normalized spacial score (nSPS) is 43.8. The maximum absolute atomic E-state index is 12.5. The van der Waals surface area contributed by atoms with Crippen molar-refractivity contribution in [1.82, 2.24) is 5.32 Å². The first-order valence-electron chi connectivity index (χ1n) is 7.35. The minimum absolute atomic E-state index is 0.347. The van der Waals surface area contributed by atoms with E-state index in [1.54, 1.807) is 0 Å². The van der Waals surface area contributed by atoms with Crippen molar-refractivity contribution in [3.05, 3.63) is 0 Å². The topological polar surface area (TPSA) is 21.3 Å². The van der Waals surface area contributed by atoms with E-state index in [2.05, 4.69) is 5.32 Å². The highest BCUT2D eigenvalue weighted by molar-refractivity contribution is 5.00. The van der Waals surface area contributed by atoms with Crippen LogP contribution in [0.15, 0.2) is 0 Å². The Bertz CT molecular complexity index is 267. The number of hydrogen-bond acceptors (Lipinski definition) is 2. The third-order valence-electron chi connectivity index (χ3n) is 5.19. The van der Waals surface area contributed by atoms with Gasteiger partial charge in [0.2, 0.25) is 6.43 Å². The van der Waals surface area contributed by atoms with Crippen molar-refractivity contribution < 1.29 is 13.5 Å². The van der Waals surface area contributed by atoms with Gasteiger partial charge in [-0.05, 0) is 56.4 Å². The molecule has 1 saturated heterocycles. The van der Waals surface area contributed by atoms with E-state index < -0.39 is 6.43 Å². The van der Waals surface area contributed by atoms with Crippen LogP contribution in [0.5, 0.6) is 0 Å². The van der Waals surface area contributed by atoms with Gasteiger partial charge in [0.05, 0.1) is 0 Å². The molecular weight excluding hydrogens is 236 g/mol. The van der Waals surface area contributed by atoms with Crippen LogP contribution >= 0.6 is 0 Å². The molecule has 2 aliphatic carbocycles. The molecule has 3 atom stereocenters. The minimum Gasteiger partial charge on any atom is -0.381 e. The van der Waals surface area contributed by atoms with Crippen LogP contribution in [-0.4, -0.2) is 32.2 Å². The molecule has 18 heavy (non-hydrogen) atoms. The highest BCUT2D eigenvalue weighted by atomic mass is 19.3. The van der Waals surface area contributed by atoms with E-state index >= 15 is 0 Å². The third-order valence-corrected chi connectivity index (χ3v) is 5.19. The SMILES string of the molecule is FC(F)C1CCC(NCC2C3CCOCC32)CC1. The standard InChI is InChI=1S/C14H23F2NO/c15-14(16)9-1-3-10(4-2-9)17-7-12-11-5-6-18-8-13(11)12/h9-14,17H,1-8H2. The summed E-state index contributed by atoms with van der Waals surface area (Å²) in [6.45, 7) is 2.94. The fraction of sp³-hybridized carbons (Fsp3) is 1.00. The summed E-state index contributed by atoms with van der Waals surface area (Å²) in [7, 11) is 0. The van der Waals surface area contributed by atoms with Crippen molar-refractivity contribution in [2.24, 2.45) is 23.7 Å². The van der Waals surface area contributed by atoms with Crippen LogP contribution in [0.25, 0.3) is 0 Å². The summed E-state index contributed by atoms with van der Waals surface area (Å²) < 4.78 is 30.6. The van der Waals surface area contributed by atoms with Gasteiger partial charge in [-0.3, -0.25) is 0 Å². The molecule has 4 heteroatoms. The molecule has 3 rings (SSSR count). The number of alkyl halides is 2. The van der Waals surface area contributed by atoms with Crippen molar-refractivity contribution in [2.75, 3.05) is 19.8 Å². The highest BCUT2D eigenvalue weighted by Crippen LogP contribution is 2.50. The first-order valence-corrected chi connectivity index (χ1v) is 7.35. The van der Waals surface area contributed by atoms with E-state index in [-0.39, 0.29) is 5.92 Å². The van der Waals surface area contributed by atoms with Crippen molar-refractivity contribution in [3.63, 3.8) is 0 Å². The van der Waals surface area contributed by atoms with Crippen molar-refractivity contribution in [2.45, 2.75) is 44.6 Å². The predicted molar refractivity (Wildman–Crippen MR) is 65.7 cm³/mol. The molecule has 3 fully saturated rings. The van der Waals surface area contributed by atoms with Gasteiger partial charge in [0.1, 0.15) is 0 Å². The van der Waals surface area contributed by atoms with Crippen LogP contribution in [0.1, 0.15) is 32.1 Å². The van der Waals surface area contributed by atoms with Crippen molar-refractivity contribution in [1.29, 1.82) is 0 Å². The van der Waals surface area contributed by atoms with E-state index in [4.69, 9.17) is 4.74 Å². The average Bonchev–Trinajstić information content (AvgIpc) is 3.10. The maximum atomic E-state index is 12.5. The molecule has 0 aromatic rings. The summed E-state index contributed by atoms with van der Waals surface area (Å²) in [6.07, 6.45) is 2.33. The molecule has 1 aliphatic heterocycles. The lowest BCUT2D eigenvalue weighted by Gasteiger charge is -2.28. The van der Waals surface area contributed by atoms with Gasteiger partial charge in [-0.25, -0.2) is 8.78 Å². The Labute approximate surface area is 107 Å². The van der Waals surface area contributed by atoms with E-state index in [1.165, 1.54) is 6.42 Å². The summed E-state index contributed by atoms with van der Waals surface area (Å²) >= 11 is 0. The summed E-state index contributed by atoms with van der Waals surface area (Å²) in [4.78, 5) is 0. The van der Waals surface area contributed by atoms with Gasteiger partial charge in [-0.15, -0.1) is 0 Å². The summed E-state index contributed by atoms with van der Waals surface area (Å²) in [6, 6.07) is 0.476. The van der Waals surface area contributed by atoms with Crippen molar-refractivity contribution >= 4 is 0 Å². The largest absolute Gasteiger partial charge is 0.381 e. The smallest absolute Gasteiger partial charge is 0.241 e. The van der Waals surface area contributed by atoms with Crippen molar-refractivity contribution in [3.8, 4) is 0 Å². The van der Waals surface area contributed by atoms with Gasteiger partial charge in [0, 0.05) is 25.2 Å². The molecule has 104 valence electrons. The molecule has 2 nitrogen and oxygen atoms in total. The number of hydrogen-bond donors (Lipinski definition) is 1. The first kappa shape index (κ1) is 12.8. The molecule has 3 unspecified atom stereocenters. The van der Waals surface area contributed by atoms with E-state index in [0.717, 1.165) is 50.4 Å². The van der Waals surface area contributed by atoms with Crippen LogP contribution in [0.2, 0.25) is 0 Å². The third kappa shape index (κ3) is 2.69. The van der Waals surface area contributed by atoms with Gasteiger partial charge >= 0.3 is 0 Å². The second-order valence-electron chi connectivity index (χ2n) is 6.21. The van der Waals surface area contributed by atoms with E-state index in [9.17, 15) is 8.78 Å². The number of rotatable bonds is 4. The predicted octanol–water partition coefficient (Wildman–Crippen LogP) is 2.68. The molecule has 0 spiro atoms. The molecule has 1 heterocycles. The lowest BCUT2D eigenvalue weighted by Crippen LogP contribution is -2.36. The lowest BCUT2D eigenvalue weighted by molar-refractivity contribution is 0.0505. The van der Waals surface area contributed by atoms with Gasteiger partial charge in [0.25, 0.3) is 0 Å². The first-order chi connectivity index (χ1) is 8.75. The quantitative estimate of drug-likeness (QED) is 0.838. The number of halogens is 2. The Kier molecular flexibility index (Phi) is 3.85. The zero-order valence-electron chi connectivity index (χ0n) is 10.8. The minimum atomic E-state index is -2.12. The number of nitrogens with one attached hydrogen (secondary N) is 1. The van der Waals surface area contributed by atoms with Gasteiger partial charge in [-0.2, -0.15) is 0 Å². The summed E-state index contributed by atoms with van der Waals surface area (Å²) in [5, 5.41) is 3.60. The Morgan fingerprint density at radius 3 is 2.44 bits per heavy atom. The van der Waals surface area contributed by atoms with Crippen LogP contribution in [-0.2, 0) is 4.74 Å². The molecule has 0 amide bonds. The Morgan fingerprint density at radius 1 is 1.06 bits per heavy atom. The zero-order valence-corrected chi connectivity index (χ0v) is 10.8.